The predicted octanol–water partition coefficient (Wildman–Crippen LogP) is 9.40. The number of benzene rings is 1. The number of Topliss-reactive ketones (excluding diaryl/α,β-unsaturated/α-hetero) is 1. The van der Waals surface area contributed by atoms with Crippen LogP contribution in [-0.2, 0) is 14.3 Å². The number of phenols is 1. The summed E-state index contributed by atoms with van der Waals surface area (Å²) in [5.74, 6) is 1.65. The van der Waals surface area contributed by atoms with Crippen LogP contribution < -0.4 is 0 Å². The van der Waals surface area contributed by atoms with Gasteiger partial charge in [0.25, 0.3) is 0 Å². The van der Waals surface area contributed by atoms with Crippen LogP contribution in [-0.4, -0.2) is 23.0 Å². The summed E-state index contributed by atoms with van der Waals surface area (Å²) >= 11 is 0. The second-order valence-corrected chi connectivity index (χ2v) is 17.8. The van der Waals surface area contributed by atoms with Crippen molar-refractivity contribution in [3.8, 4) is 5.75 Å². The molecule has 10 atom stereocenters. The standard InChI is InChI=1S/C39H56O4/c1-25-28(41)14-15-30-36(5)20-22-38(7)31-24-34(2,3)17-18-35(31,4)19-21-39(38,8)33(36)29(23-37(25,30)6)43-32(42)16-11-26-9-12-27(40)13-10-26/h9-13,16,25,29-31,33,40H,14-15,17-24H2,1-8H3/b16-11-/t25-,29+,30-,31+,33-,35+,36-,37+,38-,39+/m0/s1. The summed E-state index contributed by atoms with van der Waals surface area (Å²) < 4.78 is 6.64. The second-order valence-electron chi connectivity index (χ2n) is 17.8. The van der Waals surface area contributed by atoms with E-state index in [-0.39, 0.29) is 51.3 Å². The highest BCUT2D eigenvalue weighted by atomic mass is 16.5. The molecule has 5 fully saturated rings. The molecule has 0 radical (unpaired) electrons. The Morgan fingerprint density at radius 2 is 1.49 bits per heavy atom. The number of hydrogen-bond donors (Lipinski definition) is 1. The average Bonchev–Trinajstić information content (AvgIpc) is 2.93. The molecule has 0 bridgehead atoms. The van der Waals surface area contributed by atoms with Gasteiger partial charge in [0.2, 0.25) is 0 Å². The third-order valence-corrected chi connectivity index (χ3v) is 15.2. The first-order chi connectivity index (χ1) is 20.0. The van der Waals surface area contributed by atoms with E-state index >= 15 is 0 Å². The summed E-state index contributed by atoms with van der Waals surface area (Å²) in [7, 11) is 0. The van der Waals surface area contributed by atoms with Gasteiger partial charge in [0.15, 0.2) is 0 Å². The largest absolute Gasteiger partial charge is 0.508 e. The van der Waals surface area contributed by atoms with Gasteiger partial charge in [-0.05, 0) is 126 Å². The van der Waals surface area contributed by atoms with E-state index in [1.807, 2.05) is 0 Å². The minimum atomic E-state index is -0.299. The van der Waals surface area contributed by atoms with Gasteiger partial charge in [-0.1, -0.05) is 67.5 Å². The summed E-state index contributed by atoms with van der Waals surface area (Å²) in [6.07, 6.45) is 14.3. The lowest BCUT2D eigenvalue weighted by Gasteiger charge is -2.75. The number of hydrogen-bond acceptors (Lipinski definition) is 4. The van der Waals surface area contributed by atoms with Crippen molar-refractivity contribution in [2.45, 2.75) is 126 Å². The van der Waals surface area contributed by atoms with E-state index in [0.717, 1.165) is 24.8 Å². The van der Waals surface area contributed by atoms with E-state index in [2.05, 4.69) is 55.4 Å². The average molecular weight is 589 g/mol. The molecule has 0 saturated heterocycles. The normalized spacial score (nSPS) is 47.2. The number of phenolic OH excluding ortho intramolecular Hbond substituents is 1. The molecule has 5 saturated carbocycles. The SMILES string of the molecule is C[C@H]1C(=O)CC[C@@H]2[C@]1(C)C[C@@H](OC(=O)/C=C\c1ccc(O)cc1)[C@H]1[C@@]2(C)CC[C@@]2(C)[C@@H]3CC(C)(C)CC[C@]3(C)CC[C@]12C. The van der Waals surface area contributed by atoms with Gasteiger partial charge in [-0.15, -0.1) is 0 Å². The number of aromatic hydroxyl groups is 1. The van der Waals surface area contributed by atoms with E-state index in [1.165, 1.54) is 38.5 Å². The third kappa shape index (κ3) is 4.58. The maximum atomic E-state index is 13.6. The molecule has 1 aromatic carbocycles. The van der Waals surface area contributed by atoms with Crippen LogP contribution in [0.4, 0.5) is 0 Å². The fraction of sp³-hybridized carbons (Fsp3) is 0.744. The molecular weight excluding hydrogens is 532 g/mol. The highest BCUT2D eigenvalue weighted by Gasteiger charge is 2.73. The fourth-order valence-corrected chi connectivity index (χ4v) is 12.3. The van der Waals surface area contributed by atoms with Gasteiger partial charge in [0.1, 0.15) is 17.6 Å². The molecule has 0 unspecified atom stereocenters. The lowest BCUT2D eigenvalue weighted by molar-refractivity contribution is -0.284. The van der Waals surface area contributed by atoms with Crippen molar-refractivity contribution in [2.75, 3.05) is 0 Å². The maximum absolute atomic E-state index is 13.6. The summed E-state index contributed by atoms with van der Waals surface area (Å²) in [6.45, 7) is 19.8. The van der Waals surface area contributed by atoms with Gasteiger partial charge in [0, 0.05) is 24.3 Å². The van der Waals surface area contributed by atoms with Gasteiger partial charge in [-0.3, -0.25) is 4.79 Å². The van der Waals surface area contributed by atoms with Crippen LogP contribution >= 0.6 is 0 Å². The van der Waals surface area contributed by atoms with Crippen molar-refractivity contribution >= 4 is 17.8 Å². The number of fused-ring (bicyclic) bond motifs is 7. The van der Waals surface area contributed by atoms with Gasteiger partial charge in [0.05, 0.1) is 0 Å². The lowest BCUT2D eigenvalue weighted by atomic mass is 9.29. The molecule has 4 heteroatoms. The van der Waals surface area contributed by atoms with Crippen LogP contribution in [0.2, 0.25) is 0 Å². The van der Waals surface area contributed by atoms with Gasteiger partial charge < -0.3 is 9.84 Å². The van der Waals surface area contributed by atoms with Crippen LogP contribution in [0.1, 0.15) is 125 Å². The second kappa shape index (κ2) is 9.95. The molecule has 1 N–H and O–H groups in total. The molecule has 5 aliphatic carbocycles. The van der Waals surface area contributed by atoms with E-state index in [0.29, 0.717) is 34.9 Å². The molecule has 4 nitrogen and oxygen atoms in total. The van der Waals surface area contributed by atoms with Crippen LogP contribution in [0.15, 0.2) is 30.3 Å². The molecule has 0 amide bonds. The number of esters is 1. The van der Waals surface area contributed by atoms with Gasteiger partial charge in [-0.25, -0.2) is 4.79 Å². The number of rotatable bonds is 3. The molecule has 6 rings (SSSR count). The highest BCUT2D eigenvalue weighted by molar-refractivity contribution is 5.87. The Kier molecular flexibility index (Phi) is 7.15. The monoisotopic (exact) mass is 588 g/mol. The summed E-state index contributed by atoms with van der Waals surface area (Å²) in [5, 5.41) is 9.66. The summed E-state index contributed by atoms with van der Waals surface area (Å²) in [5.41, 5.74) is 1.66. The van der Waals surface area contributed by atoms with E-state index in [4.69, 9.17) is 4.74 Å². The lowest BCUT2D eigenvalue weighted by Crippen LogP contribution is -2.71. The smallest absolute Gasteiger partial charge is 0.331 e. The summed E-state index contributed by atoms with van der Waals surface area (Å²) in [6, 6.07) is 6.87. The van der Waals surface area contributed by atoms with Crippen LogP contribution in [0.3, 0.4) is 0 Å². The van der Waals surface area contributed by atoms with Crippen molar-refractivity contribution in [1.82, 2.24) is 0 Å². The van der Waals surface area contributed by atoms with E-state index in [1.54, 1.807) is 36.4 Å². The zero-order valence-corrected chi connectivity index (χ0v) is 28.1. The van der Waals surface area contributed by atoms with E-state index < -0.39 is 0 Å². The zero-order chi connectivity index (χ0) is 31.2. The quantitative estimate of drug-likeness (QED) is 0.282. The predicted molar refractivity (Wildman–Crippen MR) is 172 cm³/mol. The van der Waals surface area contributed by atoms with Crippen molar-refractivity contribution in [2.24, 2.45) is 56.2 Å². The number of ketones is 1. The Morgan fingerprint density at radius 3 is 2.19 bits per heavy atom. The Labute approximate surface area is 260 Å². The molecule has 0 aliphatic heterocycles. The Morgan fingerprint density at radius 1 is 0.837 bits per heavy atom. The van der Waals surface area contributed by atoms with E-state index in [9.17, 15) is 14.7 Å². The third-order valence-electron chi connectivity index (χ3n) is 15.2. The highest BCUT2D eigenvalue weighted by Crippen LogP contribution is 2.78. The van der Waals surface area contributed by atoms with Crippen molar-refractivity contribution in [3.05, 3.63) is 35.9 Å². The Bertz CT molecular complexity index is 1310. The molecule has 0 heterocycles. The first kappa shape index (κ1) is 30.9. The fourth-order valence-electron chi connectivity index (χ4n) is 12.3. The van der Waals surface area contributed by atoms with Gasteiger partial charge >= 0.3 is 5.97 Å². The minimum absolute atomic E-state index is 0.0137. The van der Waals surface area contributed by atoms with Crippen molar-refractivity contribution < 1.29 is 19.4 Å². The molecule has 0 spiro atoms. The minimum Gasteiger partial charge on any atom is -0.508 e. The number of ether oxygens (including phenoxy) is 1. The Hall–Kier alpha value is -2.10. The molecular formula is C39H56O4. The topological polar surface area (TPSA) is 63.6 Å². The van der Waals surface area contributed by atoms with Crippen molar-refractivity contribution in [3.63, 3.8) is 0 Å². The Balaban J connectivity index is 1.41. The van der Waals surface area contributed by atoms with Crippen LogP contribution in [0.5, 0.6) is 5.75 Å². The van der Waals surface area contributed by atoms with Crippen LogP contribution in [0.25, 0.3) is 6.08 Å². The zero-order valence-electron chi connectivity index (χ0n) is 28.1. The summed E-state index contributed by atoms with van der Waals surface area (Å²) in [4.78, 5) is 26.8. The molecule has 43 heavy (non-hydrogen) atoms. The number of carbonyl (C=O) groups excluding carboxylic acids is 2. The molecule has 5 aliphatic rings. The maximum Gasteiger partial charge on any atom is 0.331 e. The van der Waals surface area contributed by atoms with Crippen LogP contribution in [0, 0.1) is 56.2 Å². The first-order valence-corrected chi connectivity index (χ1v) is 17.2. The molecule has 1 aromatic rings. The first-order valence-electron chi connectivity index (χ1n) is 17.2. The molecule has 0 aromatic heterocycles. The van der Waals surface area contributed by atoms with Crippen molar-refractivity contribution in [1.29, 1.82) is 0 Å². The number of carbonyl (C=O) groups is 2. The van der Waals surface area contributed by atoms with Gasteiger partial charge in [-0.2, -0.15) is 0 Å². The molecule has 236 valence electrons.